The predicted octanol–water partition coefficient (Wildman–Crippen LogP) is 5.81. The highest BCUT2D eigenvalue weighted by Crippen LogP contribution is 2.41. The molecule has 0 bridgehead atoms. The van der Waals surface area contributed by atoms with Gasteiger partial charge < -0.3 is 9.80 Å². The van der Waals surface area contributed by atoms with E-state index >= 15 is 0 Å². The Morgan fingerprint density at radius 3 is 1.31 bits per heavy atom. The van der Waals surface area contributed by atoms with Crippen molar-refractivity contribution in [2.75, 3.05) is 13.1 Å². The van der Waals surface area contributed by atoms with Crippen LogP contribution in [0.1, 0.15) is 11.1 Å². The second-order valence-electron chi connectivity index (χ2n) is 7.34. The van der Waals surface area contributed by atoms with Gasteiger partial charge in [-0.25, -0.2) is 8.78 Å². The van der Waals surface area contributed by atoms with Crippen LogP contribution in [0.15, 0.2) is 48.5 Å². The van der Waals surface area contributed by atoms with E-state index in [-0.39, 0.29) is 22.1 Å². The standard InChI is InChI=1S/C22H18F2N2S6/c23-15-5-1-13(2-6-15)9-11-25-19(27)17(31-21(25)29)18-20(28)26(22(30)32-18)12-10-14-3-7-16(24)8-4-14/h1-8,17-18H,9-12H2. The molecule has 0 N–H and O–H groups in total. The molecule has 0 radical (unpaired) electrons. The number of rotatable bonds is 7. The summed E-state index contributed by atoms with van der Waals surface area (Å²) in [4.78, 5) is 5.50. The van der Waals surface area contributed by atoms with E-state index in [0.717, 1.165) is 42.6 Å². The van der Waals surface area contributed by atoms with Crippen LogP contribution in [-0.2, 0) is 12.8 Å². The van der Waals surface area contributed by atoms with Crippen LogP contribution in [0.4, 0.5) is 8.78 Å². The molecule has 2 aliphatic heterocycles. The monoisotopic (exact) mass is 540 g/mol. The van der Waals surface area contributed by atoms with Crippen molar-refractivity contribution in [3.63, 3.8) is 0 Å². The number of hydrogen-bond donors (Lipinski definition) is 0. The van der Waals surface area contributed by atoms with E-state index in [9.17, 15) is 8.78 Å². The summed E-state index contributed by atoms with van der Waals surface area (Å²) < 4.78 is 27.8. The Balaban J connectivity index is 1.37. The van der Waals surface area contributed by atoms with Crippen LogP contribution >= 0.6 is 72.4 Å². The van der Waals surface area contributed by atoms with Crippen molar-refractivity contribution in [1.29, 1.82) is 0 Å². The lowest BCUT2D eigenvalue weighted by Gasteiger charge is -2.22. The van der Waals surface area contributed by atoms with Gasteiger partial charge in [-0.3, -0.25) is 0 Å². The first-order valence-corrected chi connectivity index (χ1v) is 13.3. The Kier molecular flexibility index (Phi) is 7.89. The summed E-state index contributed by atoms with van der Waals surface area (Å²) in [5.41, 5.74) is 2.06. The largest absolute Gasteiger partial charge is 0.320 e. The summed E-state index contributed by atoms with van der Waals surface area (Å²) in [5, 5.41) is -0.0889. The summed E-state index contributed by atoms with van der Waals surface area (Å²) in [7, 11) is 0. The first-order valence-electron chi connectivity index (χ1n) is 9.86. The number of hydrogen-bond acceptors (Lipinski definition) is 6. The minimum absolute atomic E-state index is 0.0445. The molecule has 2 aliphatic rings. The Labute approximate surface area is 216 Å². The lowest BCUT2D eigenvalue weighted by molar-refractivity contribution is 0.613. The predicted molar refractivity (Wildman–Crippen MR) is 147 cm³/mol. The second kappa shape index (κ2) is 10.5. The molecule has 0 saturated carbocycles. The van der Waals surface area contributed by atoms with E-state index in [2.05, 4.69) is 0 Å². The molecular formula is C22H18F2N2S6. The molecule has 0 amide bonds. The third kappa shape index (κ3) is 5.37. The molecule has 2 aromatic carbocycles. The van der Waals surface area contributed by atoms with Crippen LogP contribution in [0.5, 0.6) is 0 Å². The molecule has 2 atom stereocenters. The fourth-order valence-electron chi connectivity index (χ4n) is 3.50. The minimum Gasteiger partial charge on any atom is -0.320 e. The molecule has 2 nitrogen and oxygen atoms in total. The average molecular weight is 541 g/mol. The Bertz CT molecular complexity index is 972. The van der Waals surface area contributed by atoms with Crippen molar-refractivity contribution in [3.05, 3.63) is 71.3 Å². The van der Waals surface area contributed by atoms with Gasteiger partial charge in [0, 0.05) is 13.1 Å². The van der Waals surface area contributed by atoms with Gasteiger partial charge in [0.15, 0.2) is 0 Å². The number of nitrogens with zero attached hydrogens (tertiary/aromatic N) is 2. The van der Waals surface area contributed by atoms with Gasteiger partial charge in [-0.1, -0.05) is 96.7 Å². The van der Waals surface area contributed by atoms with E-state index in [1.165, 1.54) is 24.3 Å². The zero-order valence-corrected chi connectivity index (χ0v) is 21.6. The zero-order chi connectivity index (χ0) is 22.8. The van der Waals surface area contributed by atoms with Crippen molar-refractivity contribution in [3.8, 4) is 0 Å². The third-order valence-electron chi connectivity index (χ3n) is 5.26. The van der Waals surface area contributed by atoms with E-state index in [0.29, 0.717) is 13.1 Å². The van der Waals surface area contributed by atoms with E-state index in [4.69, 9.17) is 48.9 Å². The van der Waals surface area contributed by atoms with Crippen molar-refractivity contribution in [1.82, 2.24) is 9.80 Å². The number of halogens is 2. The molecule has 2 fully saturated rings. The molecule has 2 aromatic rings. The molecule has 2 saturated heterocycles. The molecule has 10 heteroatoms. The van der Waals surface area contributed by atoms with Gasteiger partial charge >= 0.3 is 0 Å². The van der Waals surface area contributed by atoms with Crippen LogP contribution in [0, 0.1) is 11.6 Å². The van der Waals surface area contributed by atoms with Crippen LogP contribution in [0.3, 0.4) is 0 Å². The molecule has 0 aromatic heterocycles. The molecule has 4 rings (SSSR count). The van der Waals surface area contributed by atoms with Gasteiger partial charge in [-0.05, 0) is 48.2 Å². The first kappa shape index (κ1) is 24.1. The van der Waals surface area contributed by atoms with Crippen LogP contribution in [0.25, 0.3) is 0 Å². The normalized spacial score (nSPS) is 21.2. The van der Waals surface area contributed by atoms with Gasteiger partial charge in [0.05, 0.1) is 20.5 Å². The Morgan fingerprint density at radius 2 is 0.969 bits per heavy atom. The fraction of sp³-hybridized carbons (Fsp3) is 0.273. The molecule has 32 heavy (non-hydrogen) atoms. The third-order valence-corrected chi connectivity index (χ3v) is 10.0. The van der Waals surface area contributed by atoms with Gasteiger partial charge in [0.2, 0.25) is 0 Å². The van der Waals surface area contributed by atoms with Crippen molar-refractivity contribution >= 4 is 91.0 Å². The Hall–Kier alpha value is -1.04. The van der Waals surface area contributed by atoms with Crippen LogP contribution < -0.4 is 0 Å². The highest BCUT2D eigenvalue weighted by atomic mass is 32.2. The fourth-order valence-corrected chi connectivity index (χ4v) is 8.20. The smallest absolute Gasteiger partial charge is 0.141 e. The first-order chi connectivity index (χ1) is 15.3. The van der Waals surface area contributed by atoms with Gasteiger partial charge in [-0.15, -0.1) is 0 Å². The number of benzene rings is 2. The maximum absolute atomic E-state index is 13.1. The zero-order valence-electron chi connectivity index (χ0n) is 16.7. The SMILES string of the molecule is Fc1ccc(CCN2C(=S)SC(C3SC(=S)N(CCc4ccc(F)cc4)C3=S)C2=S)cc1. The molecule has 2 heterocycles. The quantitative estimate of drug-likeness (QED) is 0.401. The topological polar surface area (TPSA) is 6.48 Å². The highest BCUT2D eigenvalue weighted by Gasteiger charge is 2.46. The summed E-state index contributed by atoms with van der Waals surface area (Å²) in [5.74, 6) is -0.494. The average Bonchev–Trinajstić information content (AvgIpc) is 3.21. The van der Waals surface area contributed by atoms with Gasteiger partial charge in [0.1, 0.15) is 20.3 Å². The summed E-state index contributed by atoms with van der Waals surface area (Å²) in [6.45, 7) is 1.30. The molecule has 2 unspecified atom stereocenters. The maximum atomic E-state index is 13.1. The number of thioether (sulfide) groups is 2. The highest BCUT2D eigenvalue weighted by molar-refractivity contribution is 8.28. The summed E-state index contributed by atoms with van der Waals surface area (Å²) in [6.07, 6.45) is 1.44. The maximum Gasteiger partial charge on any atom is 0.141 e. The van der Waals surface area contributed by atoms with E-state index in [1.807, 2.05) is 9.80 Å². The lowest BCUT2D eigenvalue weighted by Crippen LogP contribution is -2.39. The molecule has 0 aliphatic carbocycles. The molecule has 0 spiro atoms. The van der Waals surface area contributed by atoms with Gasteiger partial charge in [0.25, 0.3) is 0 Å². The van der Waals surface area contributed by atoms with E-state index < -0.39 is 0 Å². The van der Waals surface area contributed by atoms with Crippen molar-refractivity contribution in [2.45, 2.75) is 23.3 Å². The van der Waals surface area contributed by atoms with Gasteiger partial charge in [-0.2, -0.15) is 0 Å². The van der Waals surface area contributed by atoms with Crippen LogP contribution in [0.2, 0.25) is 0 Å². The summed E-state index contributed by atoms with van der Waals surface area (Å²) >= 11 is 25.9. The van der Waals surface area contributed by atoms with Crippen molar-refractivity contribution < 1.29 is 8.78 Å². The van der Waals surface area contributed by atoms with Crippen molar-refractivity contribution in [2.24, 2.45) is 0 Å². The van der Waals surface area contributed by atoms with Crippen LogP contribution in [-0.4, -0.2) is 52.0 Å². The Morgan fingerprint density at radius 1 is 0.625 bits per heavy atom. The number of thiocarbonyl (C=S) groups is 4. The molecular weight excluding hydrogens is 523 g/mol. The summed E-state index contributed by atoms with van der Waals surface area (Å²) in [6, 6.07) is 13.0. The second-order valence-corrected chi connectivity index (χ2v) is 11.7. The minimum atomic E-state index is -0.247. The molecule has 166 valence electrons. The lowest BCUT2D eigenvalue weighted by atomic mass is 10.1. The van der Waals surface area contributed by atoms with E-state index in [1.54, 1.807) is 47.8 Å².